The van der Waals surface area contributed by atoms with Crippen LogP contribution in [0.1, 0.15) is 130 Å². The van der Waals surface area contributed by atoms with E-state index in [4.69, 9.17) is 9.47 Å². The molecule has 1 aromatic rings. The van der Waals surface area contributed by atoms with Gasteiger partial charge < -0.3 is 9.47 Å². The fourth-order valence-corrected chi connectivity index (χ4v) is 4.45. The number of para-hydroxylation sites is 2. The fraction of sp³-hybridized carbons (Fsp3) is 0.733. The molecule has 194 valence electrons. The van der Waals surface area contributed by atoms with Crippen molar-refractivity contribution in [3.63, 3.8) is 0 Å². The lowest BCUT2D eigenvalue weighted by Gasteiger charge is -2.18. The summed E-state index contributed by atoms with van der Waals surface area (Å²) < 4.78 is 11.6. The lowest BCUT2D eigenvalue weighted by Crippen LogP contribution is -2.23. The number of ether oxygens (including phenoxy) is 2. The molecule has 1 rings (SSSR count). The molecule has 34 heavy (non-hydrogen) atoms. The molecule has 0 aliphatic carbocycles. The van der Waals surface area contributed by atoms with E-state index >= 15 is 0 Å². The van der Waals surface area contributed by atoms with Crippen LogP contribution in [0.5, 0.6) is 11.5 Å². The summed E-state index contributed by atoms with van der Waals surface area (Å²) in [7, 11) is 0. The van der Waals surface area contributed by atoms with E-state index in [1.165, 1.54) is 38.5 Å². The second kappa shape index (κ2) is 19.5. The number of rotatable bonds is 20. The Hall–Kier alpha value is -1.84. The molecule has 0 saturated heterocycles. The van der Waals surface area contributed by atoms with Gasteiger partial charge in [-0.05, 0) is 37.8 Å². The third kappa shape index (κ3) is 12.6. The first kappa shape index (κ1) is 30.2. The highest BCUT2D eigenvalue weighted by Gasteiger charge is 2.24. The minimum atomic E-state index is -0.207. The molecule has 0 N–H and O–H groups in total. The Bertz CT molecular complexity index is 613. The van der Waals surface area contributed by atoms with Crippen LogP contribution in [0.2, 0.25) is 0 Å². The molecule has 2 atom stereocenters. The van der Waals surface area contributed by atoms with Crippen molar-refractivity contribution in [2.24, 2.45) is 11.8 Å². The van der Waals surface area contributed by atoms with Crippen molar-refractivity contribution in [1.82, 2.24) is 0 Å². The van der Waals surface area contributed by atoms with Crippen LogP contribution in [-0.4, -0.2) is 11.9 Å². The number of hydrogen-bond donors (Lipinski definition) is 0. The minimum absolute atomic E-state index is 0.105. The quantitative estimate of drug-likeness (QED) is 0.107. The van der Waals surface area contributed by atoms with Crippen molar-refractivity contribution >= 4 is 11.9 Å². The number of carbonyl (C=O) groups excluding carboxylic acids is 2. The van der Waals surface area contributed by atoms with Gasteiger partial charge in [-0.1, -0.05) is 117 Å². The van der Waals surface area contributed by atoms with Crippen molar-refractivity contribution in [2.75, 3.05) is 0 Å². The molecular weight excluding hydrogens is 424 g/mol. The summed E-state index contributed by atoms with van der Waals surface area (Å²) in [5.74, 6) is 0.0821. The maximum Gasteiger partial charge on any atom is 0.314 e. The van der Waals surface area contributed by atoms with E-state index in [2.05, 4.69) is 27.7 Å². The van der Waals surface area contributed by atoms with Crippen LogP contribution < -0.4 is 9.47 Å². The molecule has 0 aliphatic heterocycles. The Morgan fingerprint density at radius 1 is 0.559 bits per heavy atom. The summed E-state index contributed by atoms with van der Waals surface area (Å²) in [6.45, 7) is 8.62. The van der Waals surface area contributed by atoms with Crippen LogP contribution in [-0.2, 0) is 9.59 Å². The molecule has 0 aliphatic rings. The molecule has 4 nitrogen and oxygen atoms in total. The van der Waals surface area contributed by atoms with Gasteiger partial charge in [-0.25, -0.2) is 0 Å². The maximum atomic E-state index is 13.0. The van der Waals surface area contributed by atoms with Crippen molar-refractivity contribution in [2.45, 2.75) is 130 Å². The van der Waals surface area contributed by atoms with Gasteiger partial charge >= 0.3 is 11.9 Å². The number of carbonyl (C=O) groups is 2. The molecule has 0 spiro atoms. The third-order valence-electron chi connectivity index (χ3n) is 6.52. The zero-order chi connectivity index (χ0) is 25.0. The second-order valence-electron chi connectivity index (χ2n) is 9.67. The first-order chi connectivity index (χ1) is 16.6. The Kier molecular flexibility index (Phi) is 17.3. The van der Waals surface area contributed by atoms with Crippen LogP contribution in [0.25, 0.3) is 0 Å². The van der Waals surface area contributed by atoms with Gasteiger partial charge in [0.2, 0.25) is 0 Å². The topological polar surface area (TPSA) is 52.6 Å². The summed E-state index contributed by atoms with van der Waals surface area (Å²) in [6.07, 6.45) is 17.0. The molecule has 0 heterocycles. The summed E-state index contributed by atoms with van der Waals surface area (Å²) in [5, 5.41) is 0. The average Bonchev–Trinajstić information content (AvgIpc) is 2.83. The van der Waals surface area contributed by atoms with Gasteiger partial charge in [0, 0.05) is 0 Å². The number of esters is 2. The van der Waals surface area contributed by atoms with Gasteiger partial charge in [0.05, 0.1) is 11.8 Å². The maximum absolute atomic E-state index is 13.0. The van der Waals surface area contributed by atoms with Crippen LogP contribution in [0.4, 0.5) is 0 Å². The molecule has 0 aromatic heterocycles. The Balaban J connectivity index is 2.73. The Labute approximate surface area is 209 Å². The lowest BCUT2D eigenvalue weighted by molar-refractivity contribution is -0.142. The molecule has 0 radical (unpaired) electrons. The van der Waals surface area contributed by atoms with Crippen LogP contribution in [0.15, 0.2) is 24.3 Å². The largest absolute Gasteiger partial charge is 0.422 e. The van der Waals surface area contributed by atoms with Crippen molar-refractivity contribution < 1.29 is 19.1 Å². The first-order valence-electron chi connectivity index (χ1n) is 14.1. The van der Waals surface area contributed by atoms with E-state index in [-0.39, 0.29) is 23.8 Å². The molecule has 0 bridgehead atoms. The van der Waals surface area contributed by atoms with Crippen molar-refractivity contribution in [1.29, 1.82) is 0 Å². The van der Waals surface area contributed by atoms with Crippen molar-refractivity contribution in [3.05, 3.63) is 24.3 Å². The normalized spacial score (nSPS) is 12.8. The molecule has 0 amide bonds. The molecule has 2 unspecified atom stereocenters. The third-order valence-corrected chi connectivity index (χ3v) is 6.52. The van der Waals surface area contributed by atoms with E-state index in [0.717, 1.165) is 64.2 Å². The molecule has 1 aromatic carbocycles. The van der Waals surface area contributed by atoms with Gasteiger partial charge in [-0.15, -0.1) is 0 Å². The zero-order valence-electron chi connectivity index (χ0n) is 22.4. The predicted molar refractivity (Wildman–Crippen MR) is 141 cm³/mol. The SMILES string of the molecule is CCCCCCCC(CCC)C(=O)Oc1ccccc1OC(=O)C(CCC)CCCCCCC. The summed E-state index contributed by atoms with van der Waals surface area (Å²) in [5.41, 5.74) is 0. The fourth-order valence-electron chi connectivity index (χ4n) is 4.45. The van der Waals surface area contributed by atoms with E-state index < -0.39 is 0 Å². The highest BCUT2D eigenvalue weighted by molar-refractivity contribution is 5.78. The van der Waals surface area contributed by atoms with Crippen LogP contribution in [0.3, 0.4) is 0 Å². The van der Waals surface area contributed by atoms with E-state index in [1.807, 2.05) is 12.1 Å². The number of benzene rings is 1. The van der Waals surface area contributed by atoms with E-state index in [9.17, 15) is 9.59 Å². The molecular formula is C30H50O4. The smallest absolute Gasteiger partial charge is 0.314 e. The monoisotopic (exact) mass is 474 g/mol. The standard InChI is InChI=1S/C30H50O4/c1-5-9-11-13-15-21-25(19-7-3)29(31)33-27-23-17-18-24-28(27)34-30(32)26(20-8-4)22-16-14-12-10-6-2/h17-18,23-26H,5-16,19-22H2,1-4H3. The van der Waals surface area contributed by atoms with Gasteiger partial charge in [-0.2, -0.15) is 0 Å². The predicted octanol–water partition coefficient (Wildman–Crippen LogP) is 9.05. The second-order valence-corrected chi connectivity index (χ2v) is 9.67. The highest BCUT2D eigenvalue weighted by atomic mass is 16.6. The van der Waals surface area contributed by atoms with Crippen molar-refractivity contribution in [3.8, 4) is 11.5 Å². The highest BCUT2D eigenvalue weighted by Crippen LogP contribution is 2.30. The average molecular weight is 475 g/mol. The van der Waals surface area contributed by atoms with Crippen LogP contribution in [0, 0.1) is 11.8 Å². The Morgan fingerprint density at radius 3 is 1.29 bits per heavy atom. The molecule has 4 heteroatoms. The van der Waals surface area contributed by atoms with Gasteiger partial charge in [0.1, 0.15) is 0 Å². The molecule has 0 saturated carbocycles. The van der Waals surface area contributed by atoms with E-state index in [1.54, 1.807) is 12.1 Å². The lowest BCUT2D eigenvalue weighted by atomic mass is 9.96. The first-order valence-corrected chi connectivity index (χ1v) is 14.1. The zero-order valence-corrected chi connectivity index (χ0v) is 22.4. The van der Waals surface area contributed by atoms with Crippen LogP contribution >= 0.6 is 0 Å². The van der Waals surface area contributed by atoms with E-state index in [0.29, 0.717) is 11.5 Å². The minimum Gasteiger partial charge on any atom is -0.422 e. The number of hydrogen-bond acceptors (Lipinski definition) is 4. The summed E-state index contributed by atoms with van der Waals surface area (Å²) >= 11 is 0. The van der Waals surface area contributed by atoms with Gasteiger partial charge in [0.25, 0.3) is 0 Å². The molecule has 0 fully saturated rings. The summed E-state index contributed by atoms with van der Waals surface area (Å²) in [6, 6.07) is 7.09. The van der Waals surface area contributed by atoms with Gasteiger partial charge in [0.15, 0.2) is 11.5 Å². The number of unbranched alkanes of at least 4 members (excludes halogenated alkanes) is 8. The Morgan fingerprint density at radius 2 is 0.941 bits per heavy atom. The van der Waals surface area contributed by atoms with Gasteiger partial charge in [-0.3, -0.25) is 9.59 Å². The summed E-state index contributed by atoms with van der Waals surface area (Å²) in [4.78, 5) is 25.9.